The van der Waals surface area contributed by atoms with Crippen molar-refractivity contribution in [2.75, 3.05) is 6.54 Å². The summed E-state index contributed by atoms with van der Waals surface area (Å²) in [6.45, 7) is 6.63. The summed E-state index contributed by atoms with van der Waals surface area (Å²) in [5.41, 5.74) is 4.78. The van der Waals surface area contributed by atoms with Gasteiger partial charge >= 0.3 is 0 Å². The van der Waals surface area contributed by atoms with Crippen molar-refractivity contribution in [2.45, 2.75) is 38.6 Å². The number of nitrogens with one attached hydrogen (secondary N) is 1. The Bertz CT molecular complexity index is 793. The Balaban J connectivity index is 2.00. The smallest absolute Gasteiger partial charge is 0.243 e. The van der Waals surface area contributed by atoms with Crippen molar-refractivity contribution in [3.05, 3.63) is 46.5 Å². The highest BCUT2D eigenvalue weighted by atomic mass is 32.2. The monoisotopic (exact) mass is 305 g/mol. The van der Waals surface area contributed by atoms with E-state index in [0.29, 0.717) is 24.4 Å². The van der Waals surface area contributed by atoms with E-state index in [4.69, 9.17) is 0 Å². The molecule has 0 saturated heterocycles. The first kappa shape index (κ1) is 14.3. The average Bonchev–Trinajstić information content (AvgIpc) is 2.90. The van der Waals surface area contributed by atoms with Crippen molar-refractivity contribution >= 4 is 10.0 Å². The van der Waals surface area contributed by atoms with Crippen LogP contribution >= 0.6 is 0 Å². The van der Waals surface area contributed by atoms with Gasteiger partial charge in [-0.3, -0.25) is 0 Å². The van der Waals surface area contributed by atoms with E-state index in [1.165, 1.54) is 4.31 Å². The lowest BCUT2D eigenvalue weighted by Gasteiger charge is -2.26. The number of hydrogen-bond acceptors (Lipinski definition) is 3. The standard InChI is InChI=1S/C15H19N3O2S/c1-10-6-12(3)15(7-11(10)2)21(19,20)18-5-4-13-14(8-18)17-9-16-13/h6-7,9H,4-5,8H2,1-3H3,(H,16,17). The molecule has 0 aliphatic carbocycles. The van der Waals surface area contributed by atoms with Crippen LogP contribution < -0.4 is 0 Å². The summed E-state index contributed by atoms with van der Waals surface area (Å²) in [6.07, 6.45) is 2.28. The van der Waals surface area contributed by atoms with Crippen LogP contribution in [0, 0.1) is 20.8 Å². The summed E-state index contributed by atoms with van der Waals surface area (Å²) in [4.78, 5) is 7.65. The predicted octanol–water partition coefficient (Wildman–Crippen LogP) is 2.08. The van der Waals surface area contributed by atoms with Crippen molar-refractivity contribution in [1.82, 2.24) is 14.3 Å². The Morgan fingerprint density at radius 3 is 2.62 bits per heavy atom. The molecule has 0 amide bonds. The molecule has 0 fully saturated rings. The van der Waals surface area contributed by atoms with E-state index in [9.17, 15) is 8.42 Å². The van der Waals surface area contributed by atoms with Crippen LogP contribution in [0.5, 0.6) is 0 Å². The maximum Gasteiger partial charge on any atom is 0.243 e. The summed E-state index contributed by atoms with van der Waals surface area (Å²) in [6, 6.07) is 3.72. The summed E-state index contributed by atoms with van der Waals surface area (Å²) >= 11 is 0. The summed E-state index contributed by atoms with van der Waals surface area (Å²) in [5, 5.41) is 0. The number of imidazole rings is 1. The average molecular weight is 305 g/mol. The molecular weight excluding hydrogens is 286 g/mol. The lowest BCUT2D eigenvalue weighted by atomic mass is 10.1. The maximum absolute atomic E-state index is 12.9. The molecule has 0 radical (unpaired) electrons. The minimum atomic E-state index is -3.47. The van der Waals surface area contributed by atoms with E-state index in [1.807, 2.05) is 26.8 Å². The van der Waals surface area contributed by atoms with Gasteiger partial charge in [0, 0.05) is 13.0 Å². The van der Waals surface area contributed by atoms with Crippen LogP contribution in [0.1, 0.15) is 28.1 Å². The van der Waals surface area contributed by atoms with Crippen molar-refractivity contribution in [3.63, 3.8) is 0 Å². The van der Waals surface area contributed by atoms with Gasteiger partial charge in [-0.1, -0.05) is 6.07 Å². The molecule has 21 heavy (non-hydrogen) atoms. The third kappa shape index (κ3) is 2.38. The number of sulfonamides is 1. The quantitative estimate of drug-likeness (QED) is 0.924. The van der Waals surface area contributed by atoms with E-state index in [-0.39, 0.29) is 0 Å². The molecule has 3 rings (SSSR count). The van der Waals surface area contributed by atoms with E-state index in [2.05, 4.69) is 9.97 Å². The molecule has 5 nitrogen and oxygen atoms in total. The van der Waals surface area contributed by atoms with Gasteiger partial charge in [-0.05, 0) is 43.5 Å². The molecule has 0 saturated carbocycles. The number of hydrogen-bond donors (Lipinski definition) is 1. The highest BCUT2D eigenvalue weighted by molar-refractivity contribution is 7.89. The first-order chi connectivity index (χ1) is 9.89. The second-order valence-electron chi connectivity index (χ2n) is 5.62. The molecule has 1 aromatic heterocycles. The summed E-state index contributed by atoms with van der Waals surface area (Å²) in [5.74, 6) is 0. The van der Waals surface area contributed by atoms with Gasteiger partial charge in [0.1, 0.15) is 0 Å². The van der Waals surface area contributed by atoms with Crippen LogP contribution in [0.4, 0.5) is 0 Å². The van der Waals surface area contributed by atoms with Gasteiger partial charge in [-0.25, -0.2) is 13.4 Å². The number of nitrogens with zero attached hydrogens (tertiary/aromatic N) is 2. The largest absolute Gasteiger partial charge is 0.347 e. The Morgan fingerprint density at radius 2 is 1.86 bits per heavy atom. The molecular formula is C15H19N3O2S. The van der Waals surface area contributed by atoms with Gasteiger partial charge < -0.3 is 4.98 Å². The highest BCUT2D eigenvalue weighted by Crippen LogP contribution is 2.27. The Morgan fingerprint density at radius 1 is 1.14 bits per heavy atom. The van der Waals surface area contributed by atoms with Gasteiger partial charge in [-0.15, -0.1) is 0 Å². The van der Waals surface area contributed by atoms with Gasteiger partial charge in [0.25, 0.3) is 0 Å². The van der Waals surface area contributed by atoms with E-state index < -0.39 is 10.0 Å². The van der Waals surface area contributed by atoms with E-state index in [1.54, 1.807) is 12.4 Å². The van der Waals surface area contributed by atoms with Crippen molar-refractivity contribution in [3.8, 4) is 0 Å². The molecule has 0 atom stereocenters. The zero-order valence-corrected chi connectivity index (χ0v) is 13.3. The molecule has 0 unspecified atom stereocenters. The SMILES string of the molecule is Cc1cc(C)c(S(=O)(=O)N2CCc3nc[nH]c3C2)cc1C. The minimum Gasteiger partial charge on any atom is -0.347 e. The first-order valence-corrected chi connectivity index (χ1v) is 8.42. The van der Waals surface area contributed by atoms with Crippen LogP contribution in [-0.4, -0.2) is 29.2 Å². The zero-order chi connectivity index (χ0) is 15.2. The number of benzene rings is 1. The molecule has 1 aliphatic rings. The minimum absolute atomic E-state index is 0.365. The lowest BCUT2D eigenvalue weighted by molar-refractivity contribution is 0.385. The normalized spacial score (nSPS) is 16.0. The van der Waals surface area contributed by atoms with Gasteiger partial charge in [0.05, 0.1) is 29.2 Å². The maximum atomic E-state index is 12.9. The van der Waals surface area contributed by atoms with Crippen LogP contribution in [0.2, 0.25) is 0 Å². The zero-order valence-electron chi connectivity index (χ0n) is 12.5. The fourth-order valence-electron chi connectivity index (χ4n) is 2.74. The molecule has 1 aliphatic heterocycles. The summed E-state index contributed by atoms with van der Waals surface area (Å²) < 4.78 is 27.3. The molecule has 2 heterocycles. The second-order valence-corrected chi connectivity index (χ2v) is 7.52. The van der Waals surface area contributed by atoms with Gasteiger partial charge in [0.15, 0.2) is 0 Å². The van der Waals surface area contributed by atoms with Gasteiger partial charge in [-0.2, -0.15) is 4.31 Å². The molecule has 1 N–H and O–H groups in total. The third-order valence-corrected chi connectivity index (χ3v) is 6.14. The number of H-pyrrole nitrogens is 1. The third-order valence-electron chi connectivity index (χ3n) is 4.15. The number of rotatable bonds is 2. The van der Waals surface area contributed by atoms with Gasteiger partial charge in [0.2, 0.25) is 10.0 Å². The number of aryl methyl sites for hydroxylation is 3. The second kappa shape index (κ2) is 4.96. The number of fused-ring (bicyclic) bond motifs is 1. The molecule has 112 valence electrons. The Labute approximate surface area is 125 Å². The van der Waals surface area contributed by atoms with Crippen LogP contribution in [0.15, 0.2) is 23.4 Å². The Kier molecular flexibility index (Phi) is 3.37. The predicted molar refractivity (Wildman–Crippen MR) is 80.5 cm³/mol. The lowest BCUT2D eigenvalue weighted by Crippen LogP contribution is -2.36. The Hall–Kier alpha value is -1.66. The van der Waals surface area contributed by atoms with Crippen molar-refractivity contribution in [1.29, 1.82) is 0 Å². The number of aromatic amines is 1. The molecule has 0 spiro atoms. The fraction of sp³-hybridized carbons (Fsp3) is 0.400. The molecule has 1 aromatic carbocycles. The van der Waals surface area contributed by atoms with Crippen molar-refractivity contribution in [2.24, 2.45) is 0 Å². The molecule has 2 aromatic rings. The molecule has 6 heteroatoms. The first-order valence-electron chi connectivity index (χ1n) is 6.98. The van der Waals surface area contributed by atoms with Crippen LogP contribution in [0.3, 0.4) is 0 Å². The van der Waals surface area contributed by atoms with E-state index >= 15 is 0 Å². The number of aromatic nitrogens is 2. The van der Waals surface area contributed by atoms with Crippen LogP contribution in [0.25, 0.3) is 0 Å². The van der Waals surface area contributed by atoms with Crippen LogP contribution in [-0.2, 0) is 23.0 Å². The van der Waals surface area contributed by atoms with Crippen molar-refractivity contribution < 1.29 is 8.42 Å². The summed E-state index contributed by atoms with van der Waals surface area (Å²) in [7, 11) is -3.47. The highest BCUT2D eigenvalue weighted by Gasteiger charge is 2.30. The molecule has 0 bridgehead atoms. The fourth-order valence-corrected chi connectivity index (χ4v) is 4.44. The topological polar surface area (TPSA) is 66.1 Å². The van der Waals surface area contributed by atoms with E-state index in [0.717, 1.165) is 28.1 Å².